The average Bonchev–Trinajstić information content (AvgIpc) is 2.98. The Morgan fingerprint density at radius 3 is 1.84 bits per heavy atom. The van der Waals surface area contributed by atoms with E-state index in [1.54, 1.807) is 0 Å². The molecule has 16 nitrogen and oxygen atoms in total. The molecule has 0 bridgehead atoms. The second-order valence-corrected chi connectivity index (χ2v) is 10.3. The largest absolute Gasteiger partial charge is 0.508 e. The third-order valence-corrected chi connectivity index (χ3v) is 7.37. The number of phenolic OH excluding ortho intramolecular Hbond substituents is 1. The summed E-state index contributed by atoms with van der Waals surface area (Å²) in [6.45, 7) is -1.41. The van der Waals surface area contributed by atoms with Gasteiger partial charge in [-0.2, -0.15) is 0 Å². The van der Waals surface area contributed by atoms with Crippen LogP contribution in [0.1, 0.15) is 5.56 Å². The number of aromatic hydroxyl groups is 1. The number of aliphatic hydroxyl groups excluding tert-OH is 10. The second-order valence-electron chi connectivity index (χ2n) is 10.3. The molecule has 1 aliphatic carbocycles. The molecule has 43 heavy (non-hydrogen) atoms. The van der Waals surface area contributed by atoms with Crippen molar-refractivity contribution in [3.8, 4) is 11.5 Å². The normalized spacial score (nSPS) is 37.9. The molecule has 3 aliphatic heterocycles. The summed E-state index contributed by atoms with van der Waals surface area (Å²) < 4.78 is 28.0. The molecule has 0 saturated carbocycles. The molecule has 236 valence electrons. The van der Waals surface area contributed by atoms with E-state index in [9.17, 15) is 56.2 Å². The van der Waals surface area contributed by atoms with E-state index in [0.717, 1.165) is 12.1 Å². The van der Waals surface area contributed by atoms with Gasteiger partial charge in [-0.3, -0.25) is 0 Å². The van der Waals surface area contributed by atoms with Gasteiger partial charge in [0.2, 0.25) is 12.6 Å². The van der Waals surface area contributed by atoms with Gasteiger partial charge in [0.05, 0.1) is 13.2 Å². The number of ether oxygens (including phenoxy) is 5. The predicted octanol–water partition coefficient (Wildman–Crippen LogP) is -2.72. The summed E-state index contributed by atoms with van der Waals surface area (Å²) >= 11 is 0. The highest BCUT2D eigenvalue weighted by Crippen LogP contribution is 2.40. The molecule has 5 rings (SSSR count). The molecule has 0 aromatic heterocycles. The molecule has 11 N–H and O–H groups in total. The number of hydrogen-bond donors (Lipinski definition) is 11. The molecule has 0 amide bonds. The van der Waals surface area contributed by atoms with E-state index in [2.05, 4.69) is 0 Å². The Hall–Kier alpha value is -3.42. The molecular formula is C27H32O16. The van der Waals surface area contributed by atoms with Gasteiger partial charge in [-0.15, -0.1) is 0 Å². The summed E-state index contributed by atoms with van der Waals surface area (Å²) in [6, 6.07) is 3.75. The van der Waals surface area contributed by atoms with Crippen LogP contribution in [0.4, 0.5) is 0 Å². The van der Waals surface area contributed by atoms with Crippen LogP contribution in [-0.2, 0) is 18.9 Å². The summed E-state index contributed by atoms with van der Waals surface area (Å²) in [5.74, 6) is -1.75. The highest BCUT2D eigenvalue weighted by atomic mass is 16.7. The number of benzene rings is 1. The van der Waals surface area contributed by atoms with Gasteiger partial charge in [0.1, 0.15) is 66.5 Å². The minimum Gasteiger partial charge on any atom is -0.508 e. The van der Waals surface area contributed by atoms with Gasteiger partial charge in [-0.05, 0) is 24.3 Å². The molecule has 0 spiro atoms. The third-order valence-electron chi connectivity index (χ3n) is 7.37. The fraction of sp³-hybridized carbons (Fsp3) is 0.481. The standard InChI is InChI=1S/C27H32O16/c28-7-17-19(33)21(35)23(37)26(42-17)40-14-2-1-9(3-13(14)32)25-16(6-11-12(31)4-10(30)5-15(11)39-25)41-27-24(38)22(36)20(34)18(8-29)43-27/h1-6,15,17-24,26-38H,7-8H2. The van der Waals surface area contributed by atoms with Crippen LogP contribution in [0, 0.1) is 0 Å². The zero-order valence-corrected chi connectivity index (χ0v) is 22.2. The fourth-order valence-corrected chi connectivity index (χ4v) is 4.94. The predicted molar refractivity (Wildman–Crippen MR) is 139 cm³/mol. The van der Waals surface area contributed by atoms with Crippen LogP contribution in [0.3, 0.4) is 0 Å². The van der Waals surface area contributed by atoms with Crippen LogP contribution in [-0.4, -0.2) is 137 Å². The van der Waals surface area contributed by atoms with E-state index >= 15 is 0 Å². The molecule has 11 atom stereocenters. The molecule has 2 fully saturated rings. The maximum atomic E-state index is 10.8. The van der Waals surface area contributed by atoms with Crippen LogP contribution in [0.5, 0.6) is 11.5 Å². The lowest BCUT2D eigenvalue weighted by atomic mass is 9.96. The molecule has 11 unspecified atom stereocenters. The number of fused-ring (bicyclic) bond motifs is 1. The first-order valence-electron chi connectivity index (χ1n) is 13.2. The number of rotatable bonds is 7. The van der Waals surface area contributed by atoms with Gasteiger partial charge in [0.15, 0.2) is 23.0 Å². The van der Waals surface area contributed by atoms with Gasteiger partial charge in [-0.25, -0.2) is 0 Å². The summed E-state index contributed by atoms with van der Waals surface area (Å²) in [6.07, 6.45) is -13.4. The Morgan fingerprint density at radius 1 is 0.698 bits per heavy atom. The number of allylic oxidation sites excluding steroid dienone is 2. The Balaban J connectivity index is 1.47. The van der Waals surface area contributed by atoms with E-state index in [1.165, 1.54) is 24.3 Å². The Kier molecular flexibility index (Phi) is 8.87. The average molecular weight is 613 g/mol. The molecule has 3 heterocycles. The Labute approximate surface area is 243 Å². The van der Waals surface area contributed by atoms with Crippen LogP contribution in [0.25, 0.3) is 5.76 Å². The van der Waals surface area contributed by atoms with Crippen molar-refractivity contribution < 1.29 is 79.9 Å². The summed E-state index contributed by atoms with van der Waals surface area (Å²) in [5, 5.41) is 111. The fourth-order valence-electron chi connectivity index (χ4n) is 4.94. The van der Waals surface area contributed by atoms with Crippen molar-refractivity contribution in [1.82, 2.24) is 0 Å². The topological polar surface area (TPSA) is 269 Å². The zero-order chi connectivity index (χ0) is 31.2. The molecule has 1 aromatic rings. The van der Waals surface area contributed by atoms with E-state index in [4.69, 9.17) is 23.7 Å². The minimum absolute atomic E-state index is 0.112. The van der Waals surface area contributed by atoms with Gasteiger partial charge in [0.25, 0.3) is 0 Å². The molecule has 1 aromatic carbocycles. The van der Waals surface area contributed by atoms with Gasteiger partial charge in [-0.1, -0.05) is 0 Å². The van der Waals surface area contributed by atoms with Crippen LogP contribution >= 0.6 is 0 Å². The maximum absolute atomic E-state index is 10.8. The van der Waals surface area contributed by atoms with Crippen LogP contribution < -0.4 is 4.74 Å². The van der Waals surface area contributed by atoms with Gasteiger partial charge < -0.3 is 79.9 Å². The van der Waals surface area contributed by atoms with Crippen molar-refractivity contribution in [3.63, 3.8) is 0 Å². The van der Waals surface area contributed by atoms with Crippen LogP contribution in [0.15, 0.2) is 59.3 Å². The first kappa shape index (κ1) is 31.0. The first-order chi connectivity index (χ1) is 20.4. The quantitative estimate of drug-likeness (QED) is 0.149. The summed E-state index contributed by atoms with van der Waals surface area (Å²) in [4.78, 5) is 0. The highest BCUT2D eigenvalue weighted by Gasteiger charge is 2.46. The van der Waals surface area contributed by atoms with Gasteiger partial charge in [0, 0.05) is 23.3 Å². The van der Waals surface area contributed by atoms with Crippen molar-refractivity contribution >= 4 is 5.76 Å². The highest BCUT2D eigenvalue weighted by molar-refractivity contribution is 5.70. The van der Waals surface area contributed by atoms with Gasteiger partial charge >= 0.3 is 0 Å². The number of hydrogen-bond acceptors (Lipinski definition) is 16. The monoisotopic (exact) mass is 612 g/mol. The third kappa shape index (κ3) is 5.89. The number of aliphatic hydroxyl groups is 10. The lowest BCUT2D eigenvalue weighted by molar-refractivity contribution is -0.290. The van der Waals surface area contributed by atoms with Crippen molar-refractivity contribution in [2.75, 3.05) is 13.2 Å². The lowest BCUT2D eigenvalue weighted by Gasteiger charge is -2.40. The van der Waals surface area contributed by atoms with Crippen molar-refractivity contribution in [1.29, 1.82) is 0 Å². The molecule has 4 aliphatic rings. The van der Waals surface area contributed by atoms with Crippen molar-refractivity contribution in [2.24, 2.45) is 0 Å². The molecule has 0 radical (unpaired) electrons. The second kappa shape index (κ2) is 12.3. The molecule has 2 saturated heterocycles. The number of phenols is 1. The smallest absolute Gasteiger partial charge is 0.229 e. The minimum atomic E-state index is -1.79. The molecular weight excluding hydrogens is 580 g/mol. The zero-order valence-electron chi connectivity index (χ0n) is 22.2. The van der Waals surface area contributed by atoms with Crippen molar-refractivity contribution in [2.45, 2.75) is 67.5 Å². The van der Waals surface area contributed by atoms with Crippen molar-refractivity contribution in [3.05, 3.63) is 64.8 Å². The summed E-state index contributed by atoms with van der Waals surface area (Å²) in [7, 11) is 0. The molecule has 16 heteroatoms. The van der Waals surface area contributed by atoms with E-state index in [1.807, 2.05) is 0 Å². The summed E-state index contributed by atoms with van der Waals surface area (Å²) in [5.41, 5.74) is 0.253. The van der Waals surface area contributed by atoms with E-state index in [0.29, 0.717) is 0 Å². The maximum Gasteiger partial charge on any atom is 0.229 e. The van der Waals surface area contributed by atoms with E-state index in [-0.39, 0.29) is 39.9 Å². The lowest BCUT2D eigenvalue weighted by Crippen LogP contribution is -2.60. The Bertz CT molecular complexity index is 1320. The SMILES string of the molecule is OCC1OC(OC2=C(c3ccc(OC4OC(CO)C(O)C(O)C4O)c(O)c3)OC3C=C(O)C=C(O)C3=C2)C(O)C(O)C1O. The Morgan fingerprint density at radius 2 is 1.28 bits per heavy atom. The first-order valence-corrected chi connectivity index (χ1v) is 13.2. The van der Waals surface area contributed by atoms with Crippen LogP contribution in [0.2, 0.25) is 0 Å². The van der Waals surface area contributed by atoms with E-state index < -0.39 is 86.5 Å².